The predicted octanol–water partition coefficient (Wildman–Crippen LogP) is 3.91. The molecule has 108 valence electrons. The number of nitrogens with zero attached hydrogens (tertiary/aromatic N) is 1. The van der Waals surface area contributed by atoms with E-state index in [0.29, 0.717) is 11.3 Å². The van der Waals surface area contributed by atoms with Crippen LogP contribution in [-0.2, 0) is 25.8 Å². The van der Waals surface area contributed by atoms with E-state index < -0.39 is 0 Å². The van der Waals surface area contributed by atoms with Gasteiger partial charge in [-0.15, -0.1) is 11.3 Å². The van der Waals surface area contributed by atoms with E-state index in [2.05, 4.69) is 21.8 Å². The van der Waals surface area contributed by atoms with E-state index >= 15 is 0 Å². The Morgan fingerprint density at radius 1 is 1.38 bits per heavy atom. The third-order valence-corrected chi connectivity index (χ3v) is 6.31. The van der Waals surface area contributed by atoms with Gasteiger partial charge >= 0.3 is 0 Å². The highest BCUT2D eigenvalue weighted by Gasteiger charge is 2.21. The molecule has 0 fully saturated rings. The van der Waals surface area contributed by atoms with Crippen LogP contribution in [0, 0.1) is 4.77 Å². The third-order valence-electron chi connectivity index (χ3n) is 4.05. The average Bonchev–Trinajstić information content (AvgIpc) is 3.13. The van der Waals surface area contributed by atoms with Gasteiger partial charge in [0.15, 0.2) is 4.77 Å². The maximum absolute atomic E-state index is 12.8. The molecule has 0 spiro atoms. The first-order valence-electron chi connectivity index (χ1n) is 7.02. The summed E-state index contributed by atoms with van der Waals surface area (Å²) in [6.07, 6.45) is 4.14. The number of aromatic amines is 1. The van der Waals surface area contributed by atoms with Crippen molar-refractivity contribution < 1.29 is 0 Å². The number of H-pyrrole nitrogens is 1. The lowest BCUT2D eigenvalue weighted by Crippen LogP contribution is -2.23. The number of aromatic nitrogens is 2. The Bertz CT molecular complexity index is 915. The molecule has 0 amide bonds. The lowest BCUT2D eigenvalue weighted by atomic mass is 10.2. The fourth-order valence-electron chi connectivity index (χ4n) is 2.99. The predicted molar refractivity (Wildman–Crippen MR) is 91.3 cm³/mol. The van der Waals surface area contributed by atoms with Crippen molar-refractivity contribution >= 4 is 45.1 Å². The molecular formula is C15H14N2OS3. The molecule has 0 aromatic carbocycles. The van der Waals surface area contributed by atoms with Crippen molar-refractivity contribution in [3.63, 3.8) is 0 Å². The van der Waals surface area contributed by atoms with Gasteiger partial charge in [-0.25, -0.2) is 0 Å². The van der Waals surface area contributed by atoms with E-state index in [1.54, 1.807) is 27.2 Å². The van der Waals surface area contributed by atoms with Crippen LogP contribution in [0.5, 0.6) is 0 Å². The molecule has 3 heterocycles. The number of thiophene rings is 2. The number of fused-ring (bicyclic) bond motifs is 3. The summed E-state index contributed by atoms with van der Waals surface area (Å²) in [5, 5.41) is 5.07. The number of nitrogens with one attached hydrogen (secondary N) is 1. The van der Waals surface area contributed by atoms with E-state index in [1.807, 2.05) is 0 Å². The van der Waals surface area contributed by atoms with E-state index in [4.69, 9.17) is 12.2 Å². The van der Waals surface area contributed by atoms with Gasteiger partial charge in [-0.3, -0.25) is 9.36 Å². The van der Waals surface area contributed by atoms with Crippen LogP contribution in [0.25, 0.3) is 10.2 Å². The molecular weight excluding hydrogens is 320 g/mol. The summed E-state index contributed by atoms with van der Waals surface area (Å²) in [6.45, 7) is 0.644. The number of rotatable bonds is 3. The molecule has 1 aliphatic rings. The van der Waals surface area contributed by atoms with Crippen molar-refractivity contribution in [2.75, 3.05) is 0 Å². The van der Waals surface area contributed by atoms with Crippen LogP contribution in [0.1, 0.15) is 22.4 Å². The van der Waals surface area contributed by atoms with Crippen LogP contribution < -0.4 is 5.56 Å². The van der Waals surface area contributed by atoms with Gasteiger partial charge in [0.05, 0.1) is 5.39 Å². The van der Waals surface area contributed by atoms with Gasteiger partial charge in [0.2, 0.25) is 0 Å². The zero-order valence-electron chi connectivity index (χ0n) is 11.3. The molecule has 0 saturated carbocycles. The normalized spacial score (nSPS) is 13.9. The Kier molecular flexibility index (Phi) is 3.32. The second-order valence-electron chi connectivity index (χ2n) is 5.33. The molecule has 0 radical (unpaired) electrons. The quantitative estimate of drug-likeness (QED) is 0.737. The monoisotopic (exact) mass is 334 g/mol. The van der Waals surface area contributed by atoms with Crippen molar-refractivity contribution in [2.45, 2.75) is 32.2 Å². The first-order valence-corrected chi connectivity index (χ1v) is 9.19. The van der Waals surface area contributed by atoms with Crippen LogP contribution in [-0.4, -0.2) is 9.55 Å². The second kappa shape index (κ2) is 5.19. The highest BCUT2D eigenvalue weighted by molar-refractivity contribution is 7.71. The minimum absolute atomic E-state index is 0.0865. The van der Waals surface area contributed by atoms with Crippen LogP contribution in [0.2, 0.25) is 0 Å². The van der Waals surface area contributed by atoms with Crippen LogP contribution in [0.3, 0.4) is 0 Å². The molecule has 21 heavy (non-hydrogen) atoms. The lowest BCUT2D eigenvalue weighted by Gasteiger charge is -2.06. The van der Waals surface area contributed by atoms with Crippen LogP contribution in [0.15, 0.2) is 21.6 Å². The topological polar surface area (TPSA) is 37.8 Å². The van der Waals surface area contributed by atoms with E-state index in [0.717, 1.165) is 29.5 Å². The van der Waals surface area contributed by atoms with Gasteiger partial charge < -0.3 is 4.98 Å². The van der Waals surface area contributed by atoms with Crippen LogP contribution in [0.4, 0.5) is 0 Å². The number of hydrogen-bond donors (Lipinski definition) is 1. The molecule has 4 rings (SSSR count). The molecule has 3 nitrogen and oxygen atoms in total. The van der Waals surface area contributed by atoms with Gasteiger partial charge in [0.1, 0.15) is 4.83 Å². The minimum Gasteiger partial charge on any atom is -0.323 e. The summed E-state index contributed by atoms with van der Waals surface area (Å²) in [4.78, 5) is 18.4. The molecule has 6 heteroatoms. The van der Waals surface area contributed by atoms with Gasteiger partial charge in [-0.05, 0) is 65.9 Å². The Balaban J connectivity index is 1.81. The highest BCUT2D eigenvalue weighted by Crippen LogP contribution is 2.34. The molecule has 0 atom stereocenters. The molecule has 1 aliphatic carbocycles. The summed E-state index contributed by atoms with van der Waals surface area (Å²) in [7, 11) is 0. The summed E-state index contributed by atoms with van der Waals surface area (Å²) < 4.78 is 2.27. The standard InChI is InChI=1S/C15H14N2OS3/c18-14-12-10-2-1-3-11(10)21-13(12)16-15(19)17(14)6-4-9-5-7-20-8-9/h5,7-8H,1-4,6H2,(H,16,19). The molecule has 0 aliphatic heterocycles. The van der Waals surface area contributed by atoms with E-state index in [1.165, 1.54) is 22.4 Å². The van der Waals surface area contributed by atoms with Crippen molar-refractivity contribution in [3.05, 3.63) is 48.0 Å². The fraction of sp³-hybridized carbons (Fsp3) is 0.333. The first-order chi connectivity index (χ1) is 10.2. The zero-order valence-corrected chi connectivity index (χ0v) is 13.8. The Labute approximate surface area is 134 Å². The van der Waals surface area contributed by atoms with Gasteiger partial charge in [-0.1, -0.05) is 0 Å². The summed E-state index contributed by atoms with van der Waals surface area (Å²) in [5.41, 5.74) is 2.61. The average molecular weight is 334 g/mol. The van der Waals surface area contributed by atoms with Crippen molar-refractivity contribution in [3.8, 4) is 0 Å². The van der Waals surface area contributed by atoms with Crippen molar-refractivity contribution in [2.24, 2.45) is 0 Å². The molecule has 0 unspecified atom stereocenters. The van der Waals surface area contributed by atoms with Gasteiger partial charge in [0.25, 0.3) is 5.56 Å². The summed E-state index contributed by atoms with van der Waals surface area (Å²) in [6, 6.07) is 2.10. The number of aryl methyl sites for hydroxylation is 3. The van der Waals surface area contributed by atoms with Crippen molar-refractivity contribution in [1.29, 1.82) is 0 Å². The Morgan fingerprint density at radius 2 is 2.29 bits per heavy atom. The Hall–Kier alpha value is -1.24. The Morgan fingerprint density at radius 3 is 3.10 bits per heavy atom. The number of hydrogen-bond acceptors (Lipinski definition) is 4. The first kappa shape index (κ1) is 13.4. The largest absolute Gasteiger partial charge is 0.323 e. The fourth-order valence-corrected chi connectivity index (χ4v) is 5.31. The van der Waals surface area contributed by atoms with E-state index in [-0.39, 0.29) is 5.56 Å². The lowest BCUT2D eigenvalue weighted by molar-refractivity contribution is 0.653. The smallest absolute Gasteiger partial charge is 0.263 e. The third kappa shape index (κ3) is 2.22. The molecule has 0 bridgehead atoms. The zero-order chi connectivity index (χ0) is 14.4. The maximum atomic E-state index is 12.8. The molecule has 3 aromatic rings. The van der Waals surface area contributed by atoms with E-state index in [9.17, 15) is 4.79 Å². The molecule has 3 aromatic heterocycles. The van der Waals surface area contributed by atoms with Gasteiger partial charge in [0, 0.05) is 11.4 Å². The molecule has 0 saturated heterocycles. The second-order valence-corrected chi connectivity index (χ2v) is 7.60. The van der Waals surface area contributed by atoms with Crippen LogP contribution >= 0.6 is 34.9 Å². The summed E-state index contributed by atoms with van der Waals surface area (Å²) in [5.74, 6) is 0. The maximum Gasteiger partial charge on any atom is 0.263 e. The molecule has 1 N–H and O–H groups in total. The van der Waals surface area contributed by atoms with Gasteiger partial charge in [-0.2, -0.15) is 11.3 Å². The van der Waals surface area contributed by atoms with Crippen molar-refractivity contribution in [1.82, 2.24) is 9.55 Å². The minimum atomic E-state index is 0.0865. The highest BCUT2D eigenvalue weighted by atomic mass is 32.1. The SMILES string of the molecule is O=c1c2c3c(sc2[nH]c(=S)n1CCc1ccsc1)CCC3. The summed E-state index contributed by atoms with van der Waals surface area (Å²) >= 11 is 8.77.